The Hall–Kier alpha value is -4.29. The van der Waals surface area contributed by atoms with Crippen LogP contribution in [-0.2, 0) is 24.2 Å². The summed E-state index contributed by atoms with van der Waals surface area (Å²) in [6.45, 7) is 17.3. The minimum atomic E-state index is -0.505. The lowest BCUT2D eigenvalue weighted by Crippen LogP contribution is -2.38. The zero-order valence-corrected chi connectivity index (χ0v) is 30.6. The van der Waals surface area contributed by atoms with Crippen LogP contribution >= 0.6 is 0 Å². The van der Waals surface area contributed by atoms with Crippen molar-refractivity contribution in [3.05, 3.63) is 131 Å². The highest BCUT2D eigenvalue weighted by Crippen LogP contribution is 2.36. The van der Waals surface area contributed by atoms with Crippen LogP contribution in [0.2, 0.25) is 0 Å². The van der Waals surface area contributed by atoms with Gasteiger partial charge in [0.1, 0.15) is 23.7 Å². The van der Waals surface area contributed by atoms with Gasteiger partial charge in [0.05, 0.1) is 6.61 Å². The largest absolute Gasteiger partial charge is 0.493 e. The number of carbonyl (C=O) groups excluding carboxylic acids is 1. The molecule has 49 heavy (non-hydrogen) atoms. The molecule has 4 aromatic rings. The van der Waals surface area contributed by atoms with E-state index in [4.69, 9.17) is 14.2 Å². The summed E-state index contributed by atoms with van der Waals surface area (Å²) in [6, 6.07) is 36.9. The Labute approximate surface area is 294 Å². The molecule has 4 aromatic carbocycles. The summed E-state index contributed by atoms with van der Waals surface area (Å²) in [5.41, 5.74) is 5.51. The van der Waals surface area contributed by atoms with E-state index >= 15 is 0 Å². The van der Waals surface area contributed by atoms with Gasteiger partial charge in [0.25, 0.3) is 0 Å². The van der Waals surface area contributed by atoms with Gasteiger partial charge in [0.15, 0.2) is 0 Å². The Morgan fingerprint density at radius 3 is 2.00 bits per heavy atom. The van der Waals surface area contributed by atoms with Crippen molar-refractivity contribution in [2.75, 3.05) is 19.7 Å². The van der Waals surface area contributed by atoms with Crippen LogP contribution in [0.1, 0.15) is 88.6 Å². The van der Waals surface area contributed by atoms with Crippen LogP contribution in [0.3, 0.4) is 0 Å². The summed E-state index contributed by atoms with van der Waals surface area (Å²) in [4.78, 5) is 14.5. The van der Waals surface area contributed by atoms with Crippen LogP contribution < -0.4 is 14.8 Å². The average molecular weight is 665 g/mol. The highest BCUT2D eigenvalue weighted by atomic mass is 16.6. The molecule has 0 aliphatic carbocycles. The summed E-state index contributed by atoms with van der Waals surface area (Å²) in [6.07, 6.45) is 2.09. The monoisotopic (exact) mass is 664 g/mol. The molecule has 0 bridgehead atoms. The minimum Gasteiger partial charge on any atom is -0.493 e. The number of carbonyl (C=O) groups is 1. The zero-order valence-electron chi connectivity index (χ0n) is 30.6. The SMILES string of the molecule is CC(C)N(CCC(c1ccccc1)c1cc(CCOc2ccc(CCNC(=O)OC(C)(C)C)cc2)ccc1OCc1ccccc1)C(C)C. The molecule has 1 N–H and O–H groups in total. The number of hydrogen-bond donors (Lipinski definition) is 1. The molecule has 0 aliphatic heterocycles. The lowest BCUT2D eigenvalue weighted by Gasteiger charge is -2.32. The second-order valence-electron chi connectivity index (χ2n) is 14.2. The molecule has 0 fully saturated rings. The standard InChI is InChI=1S/C43H56N2O4/c1-32(2)45(33(3)4)28-25-39(37-16-12-9-13-17-37)40-30-35(20-23-41(40)48-31-36-14-10-8-11-15-36)26-29-47-38-21-18-34(19-22-38)24-27-44-42(46)49-43(5,6)7/h8-23,30,32-33,39H,24-29,31H2,1-7H3,(H,44,46). The van der Waals surface area contributed by atoms with Crippen molar-refractivity contribution >= 4 is 6.09 Å². The highest BCUT2D eigenvalue weighted by molar-refractivity contribution is 5.67. The van der Waals surface area contributed by atoms with Crippen LogP contribution in [0.4, 0.5) is 4.79 Å². The van der Waals surface area contributed by atoms with Gasteiger partial charge in [-0.2, -0.15) is 0 Å². The zero-order chi connectivity index (χ0) is 35.2. The quantitative estimate of drug-likeness (QED) is 0.122. The van der Waals surface area contributed by atoms with Gasteiger partial charge >= 0.3 is 6.09 Å². The van der Waals surface area contributed by atoms with Gasteiger partial charge in [-0.25, -0.2) is 4.79 Å². The van der Waals surface area contributed by atoms with E-state index in [0.29, 0.717) is 31.8 Å². The molecule has 0 aromatic heterocycles. The fraction of sp³-hybridized carbons (Fsp3) is 0.419. The second-order valence-corrected chi connectivity index (χ2v) is 14.2. The smallest absolute Gasteiger partial charge is 0.407 e. The molecule has 4 rings (SSSR count). The number of nitrogens with zero attached hydrogens (tertiary/aromatic N) is 1. The maximum Gasteiger partial charge on any atom is 0.407 e. The van der Waals surface area contributed by atoms with E-state index in [1.807, 2.05) is 51.1 Å². The fourth-order valence-electron chi connectivity index (χ4n) is 6.13. The summed E-state index contributed by atoms with van der Waals surface area (Å²) in [5.74, 6) is 1.95. The lowest BCUT2D eigenvalue weighted by atomic mass is 9.86. The molecular formula is C43H56N2O4. The van der Waals surface area contributed by atoms with Crippen LogP contribution in [0.5, 0.6) is 11.5 Å². The number of amides is 1. The third kappa shape index (κ3) is 12.6. The maximum absolute atomic E-state index is 11.9. The molecule has 262 valence electrons. The van der Waals surface area contributed by atoms with E-state index in [2.05, 4.69) is 111 Å². The molecule has 0 heterocycles. The Morgan fingerprint density at radius 1 is 0.735 bits per heavy atom. The third-order valence-corrected chi connectivity index (χ3v) is 8.56. The number of rotatable bonds is 17. The molecule has 6 nitrogen and oxygen atoms in total. The van der Waals surface area contributed by atoms with E-state index in [-0.39, 0.29) is 5.92 Å². The summed E-state index contributed by atoms with van der Waals surface area (Å²) in [7, 11) is 0. The molecule has 1 atom stereocenters. The number of nitrogens with one attached hydrogen (secondary N) is 1. The number of ether oxygens (including phenoxy) is 3. The van der Waals surface area contributed by atoms with Crippen LogP contribution in [0.15, 0.2) is 103 Å². The van der Waals surface area contributed by atoms with E-state index in [0.717, 1.165) is 48.4 Å². The predicted molar refractivity (Wildman–Crippen MR) is 201 cm³/mol. The van der Waals surface area contributed by atoms with E-state index < -0.39 is 11.7 Å². The molecule has 6 heteroatoms. The molecule has 0 aliphatic rings. The van der Waals surface area contributed by atoms with Crippen molar-refractivity contribution in [2.45, 2.75) is 97.9 Å². The number of benzene rings is 4. The average Bonchev–Trinajstić information content (AvgIpc) is 3.06. The van der Waals surface area contributed by atoms with Gasteiger partial charge in [-0.3, -0.25) is 4.90 Å². The van der Waals surface area contributed by atoms with Gasteiger partial charge in [-0.05, 0) is 108 Å². The summed E-state index contributed by atoms with van der Waals surface area (Å²) >= 11 is 0. The first-order valence-electron chi connectivity index (χ1n) is 17.8. The molecular weight excluding hydrogens is 608 g/mol. The molecule has 0 radical (unpaired) electrons. The number of alkyl carbamates (subject to hydrolysis) is 1. The molecule has 1 amide bonds. The Balaban J connectivity index is 1.46. The third-order valence-electron chi connectivity index (χ3n) is 8.56. The van der Waals surface area contributed by atoms with Crippen LogP contribution in [-0.4, -0.2) is 48.4 Å². The minimum absolute atomic E-state index is 0.185. The maximum atomic E-state index is 11.9. The van der Waals surface area contributed by atoms with E-state index in [9.17, 15) is 4.79 Å². The van der Waals surface area contributed by atoms with Crippen molar-refractivity contribution in [2.24, 2.45) is 0 Å². The van der Waals surface area contributed by atoms with Crippen molar-refractivity contribution in [3.8, 4) is 11.5 Å². The van der Waals surface area contributed by atoms with Crippen molar-refractivity contribution in [1.29, 1.82) is 0 Å². The lowest BCUT2D eigenvalue weighted by molar-refractivity contribution is 0.0528. The topological polar surface area (TPSA) is 60.0 Å². The number of hydrogen-bond acceptors (Lipinski definition) is 5. The molecule has 0 saturated carbocycles. The van der Waals surface area contributed by atoms with E-state index in [1.165, 1.54) is 16.7 Å². The van der Waals surface area contributed by atoms with Gasteiger partial charge in [-0.1, -0.05) is 84.9 Å². The van der Waals surface area contributed by atoms with Crippen molar-refractivity contribution < 1.29 is 19.0 Å². The second kappa shape index (κ2) is 18.5. The van der Waals surface area contributed by atoms with E-state index in [1.54, 1.807) is 0 Å². The summed E-state index contributed by atoms with van der Waals surface area (Å²) in [5, 5.41) is 2.82. The fourth-order valence-corrected chi connectivity index (χ4v) is 6.13. The molecule has 1 unspecified atom stereocenters. The highest BCUT2D eigenvalue weighted by Gasteiger charge is 2.23. The first-order valence-corrected chi connectivity index (χ1v) is 17.8. The van der Waals surface area contributed by atoms with Crippen LogP contribution in [0.25, 0.3) is 0 Å². The van der Waals surface area contributed by atoms with Gasteiger partial charge < -0.3 is 19.5 Å². The predicted octanol–water partition coefficient (Wildman–Crippen LogP) is 9.60. The van der Waals surface area contributed by atoms with Crippen molar-refractivity contribution in [1.82, 2.24) is 10.2 Å². The Morgan fingerprint density at radius 2 is 1.37 bits per heavy atom. The molecule has 0 saturated heterocycles. The van der Waals surface area contributed by atoms with Gasteiger partial charge in [-0.15, -0.1) is 0 Å². The first kappa shape index (κ1) is 37.5. The van der Waals surface area contributed by atoms with Gasteiger partial charge in [0, 0.05) is 36.5 Å². The Bertz CT molecular complexity index is 1540. The first-order chi connectivity index (χ1) is 23.5. The normalized spacial score (nSPS) is 12.3. The van der Waals surface area contributed by atoms with Crippen LogP contribution in [0, 0.1) is 0 Å². The summed E-state index contributed by atoms with van der Waals surface area (Å²) < 4.78 is 18.1. The Kier molecular flexibility index (Phi) is 14.1. The van der Waals surface area contributed by atoms with Gasteiger partial charge in [0.2, 0.25) is 0 Å². The molecule has 0 spiro atoms. The van der Waals surface area contributed by atoms with Crippen molar-refractivity contribution in [3.63, 3.8) is 0 Å².